The minimum absolute atomic E-state index is 0.257. The zero-order valence-electron chi connectivity index (χ0n) is 8.26. The average Bonchev–Trinajstić information content (AvgIpc) is 2.17. The van der Waals surface area contributed by atoms with Crippen LogP contribution >= 0.6 is 0 Å². The summed E-state index contributed by atoms with van der Waals surface area (Å²) in [7, 11) is 2.34. The molecular formula is C10H13BO2. The molecule has 0 heterocycles. The van der Waals surface area contributed by atoms with Crippen LogP contribution in [-0.4, -0.2) is 20.4 Å². The number of esters is 1. The molecule has 0 fully saturated rings. The molecule has 1 rings (SSSR count). The molecule has 0 spiro atoms. The van der Waals surface area contributed by atoms with Gasteiger partial charge < -0.3 is 4.74 Å². The normalized spacial score (nSPS) is 9.46. The molecule has 0 N–H and O–H groups in total. The highest BCUT2D eigenvalue weighted by Gasteiger charge is 2.08. The lowest BCUT2D eigenvalue weighted by Crippen LogP contribution is -2.14. The van der Waals surface area contributed by atoms with Crippen molar-refractivity contribution in [3.8, 4) is 0 Å². The molecule has 0 bridgehead atoms. The Labute approximate surface area is 79.2 Å². The first kappa shape index (κ1) is 9.84. The monoisotopic (exact) mass is 176 g/mol. The van der Waals surface area contributed by atoms with Gasteiger partial charge in [-0.2, -0.15) is 0 Å². The topological polar surface area (TPSA) is 26.3 Å². The predicted molar refractivity (Wildman–Crippen MR) is 55.2 cm³/mol. The molecule has 0 radical (unpaired) electrons. The highest BCUT2D eigenvalue weighted by Crippen LogP contribution is 2.06. The molecule has 0 unspecified atom stereocenters. The molecule has 0 aromatic heterocycles. The summed E-state index contributed by atoms with van der Waals surface area (Å²) >= 11 is 0. The Morgan fingerprint density at radius 3 is 2.69 bits per heavy atom. The quantitative estimate of drug-likeness (QED) is 0.494. The molecule has 0 aliphatic heterocycles. The second kappa shape index (κ2) is 4.12. The number of carbonyl (C=O) groups is 1. The van der Waals surface area contributed by atoms with Crippen LogP contribution in [0.5, 0.6) is 0 Å². The van der Waals surface area contributed by atoms with E-state index < -0.39 is 0 Å². The first-order valence-electron chi connectivity index (χ1n) is 4.37. The number of hydrogen-bond donors (Lipinski definition) is 0. The van der Waals surface area contributed by atoms with E-state index in [0.717, 1.165) is 18.3 Å². The van der Waals surface area contributed by atoms with Gasteiger partial charge in [-0.05, 0) is 12.5 Å². The van der Waals surface area contributed by atoms with Crippen molar-refractivity contribution in [3.05, 3.63) is 29.3 Å². The minimum Gasteiger partial charge on any atom is -0.465 e. The van der Waals surface area contributed by atoms with E-state index in [0.29, 0.717) is 5.56 Å². The second-order valence-corrected chi connectivity index (χ2v) is 2.99. The molecule has 1 aromatic rings. The summed E-state index contributed by atoms with van der Waals surface area (Å²) < 4.78 is 4.68. The van der Waals surface area contributed by atoms with Crippen LogP contribution in [0, 0.1) is 6.92 Å². The van der Waals surface area contributed by atoms with Crippen molar-refractivity contribution >= 4 is 18.7 Å². The van der Waals surface area contributed by atoms with Crippen molar-refractivity contribution in [3.63, 3.8) is 0 Å². The van der Waals surface area contributed by atoms with E-state index in [2.05, 4.69) is 11.6 Å². The first-order chi connectivity index (χ1) is 6.19. The Balaban J connectivity index is 3.11. The van der Waals surface area contributed by atoms with Gasteiger partial charge in [-0.3, -0.25) is 0 Å². The summed E-state index contributed by atoms with van der Waals surface area (Å²) in [6.07, 6.45) is 0. The Morgan fingerprint density at radius 1 is 1.46 bits per heavy atom. The van der Waals surface area contributed by atoms with Gasteiger partial charge in [-0.25, -0.2) is 4.79 Å². The van der Waals surface area contributed by atoms with Crippen LogP contribution in [0.25, 0.3) is 0 Å². The van der Waals surface area contributed by atoms with E-state index in [1.54, 1.807) is 0 Å². The summed E-state index contributed by atoms with van der Waals surface area (Å²) in [5, 5.41) is 0. The van der Waals surface area contributed by atoms with Crippen molar-refractivity contribution in [2.24, 2.45) is 0 Å². The molecule has 3 heteroatoms. The van der Waals surface area contributed by atoms with Gasteiger partial charge in [0.25, 0.3) is 0 Å². The van der Waals surface area contributed by atoms with Crippen LogP contribution in [0.1, 0.15) is 15.9 Å². The average molecular weight is 176 g/mol. The van der Waals surface area contributed by atoms with Gasteiger partial charge in [0.1, 0.15) is 0 Å². The summed E-state index contributed by atoms with van der Waals surface area (Å²) in [6.45, 7) is 3.97. The Hall–Kier alpha value is -1.25. The number of methoxy groups -OCH3 is 1. The number of benzene rings is 1. The van der Waals surface area contributed by atoms with E-state index in [4.69, 9.17) is 0 Å². The van der Waals surface area contributed by atoms with Gasteiger partial charge in [-0.1, -0.05) is 30.5 Å². The van der Waals surface area contributed by atoms with Crippen molar-refractivity contribution in [1.29, 1.82) is 0 Å². The Bertz CT molecular complexity index is 321. The smallest absolute Gasteiger partial charge is 0.338 e. The third kappa shape index (κ3) is 2.11. The third-order valence-electron chi connectivity index (χ3n) is 2.12. The maximum absolute atomic E-state index is 11.3. The Morgan fingerprint density at radius 2 is 2.15 bits per heavy atom. The van der Waals surface area contributed by atoms with Crippen molar-refractivity contribution in [2.75, 3.05) is 7.11 Å². The molecule has 0 saturated heterocycles. The molecule has 2 nitrogen and oxygen atoms in total. The number of rotatable bonds is 2. The molecule has 0 atom stereocenters. The van der Waals surface area contributed by atoms with Gasteiger partial charge in [0.05, 0.1) is 12.7 Å². The van der Waals surface area contributed by atoms with Crippen LogP contribution in [0.4, 0.5) is 0 Å². The van der Waals surface area contributed by atoms with Crippen molar-refractivity contribution in [1.82, 2.24) is 0 Å². The van der Waals surface area contributed by atoms with E-state index in [1.807, 2.05) is 25.1 Å². The molecule has 0 aliphatic rings. The van der Waals surface area contributed by atoms with Gasteiger partial charge in [0, 0.05) is 0 Å². The summed E-state index contributed by atoms with van der Waals surface area (Å²) in [6, 6.07) is 5.87. The molecule has 68 valence electrons. The van der Waals surface area contributed by atoms with Gasteiger partial charge in [0.15, 0.2) is 7.28 Å². The fourth-order valence-corrected chi connectivity index (χ4v) is 1.22. The highest BCUT2D eigenvalue weighted by molar-refractivity contribution is 6.52. The van der Waals surface area contributed by atoms with Crippen molar-refractivity contribution in [2.45, 2.75) is 13.7 Å². The number of ether oxygens (including phenoxy) is 1. The van der Waals surface area contributed by atoms with E-state index in [9.17, 15) is 4.79 Å². The lowest BCUT2D eigenvalue weighted by molar-refractivity contribution is 0.0600. The van der Waals surface area contributed by atoms with Gasteiger partial charge in [-0.15, -0.1) is 0 Å². The maximum atomic E-state index is 11.3. The first-order valence-corrected chi connectivity index (χ1v) is 4.37. The van der Waals surface area contributed by atoms with E-state index in [-0.39, 0.29) is 5.97 Å². The lowest BCUT2D eigenvalue weighted by atomic mass is 9.72. The summed E-state index contributed by atoms with van der Waals surface area (Å²) in [4.78, 5) is 11.3. The molecular weight excluding hydrogens is 163 g/mol. The van der Waals surface area contributed by atoms with Gasteiger partial charge >= 0.3 is 5.97 Å². The molecule has 13 heavy (non-hydrogen) atoms. The molecule has 0 saturated carbocycles. The van der Waals surface area contributed by atoms with Crippen LogP contribution in [-0.2, 0) is 4.74 Å². The molecule has 1 aromatic carbocycles. The van der Waals surface area contributed by atoms with E-state index in [1.165, 1.54) is 7.11 Å². The third-order valence-corrected chi connectivity index (χ3v) is 2.12. The minimum atomic E-state index is -0.257. The molecule has 0 amide bonds. The van der Waals surface area contributed by atoms with Crippen molar-refractivity contribution < 1.29 is 9.53 Å². The summed E-state index contributed by atoms with van der Waals surface area (Å²) in [5.74, 6) is -0.257. The maximum Gasteiger partial charge on any atom is 0.338 e. The fraction of sp³-hybridized carbons (Fsp3) is 0.300. The highest BCUT2D eigenvalue weighted by atomic mass is 16.5. The van der Waals surface area contributed by atoms with E-state index >= 15 is 0 Å². The number of aryl methyl sites for hydroxylation is 1. The Kier molecular flexibility index (Phi) is 3.12. The lowest BCUT2D eigenvalue weighted by Gasteiger charge is -2.05. The van der Waals surface area contributed by atoms with Crippen LogP contribution in [0.15, 0.2) is 18.2 Å². The second-order valence-electron chi connectivity index (χ2n) is 2.99. The number of hydrogen-bond acceptors (Lipinski definition) is 2. The SMILES string of the molecule is CBc1ccc(C)c(C(=O)OC)c1. The number of carbonyl (C=O) groups excluding carboxylic acids is 1. The zero-order valence-corrected chi connectivity index (χ0v) is 8.26. The predicted octanol–water partition coefficient (Wildman–Crippen LogP) is 0.892. The van der Waals surface area contributed by atoms with Crippen LogP contribution in [0.2, 0.25) is 6.82 Å². The van der Waals surface area contributed by atoms with Crippen LogP contribution in [0.3, 0.4) is 0 Å². The molecule has 0 aliphatic carbocycles. The van der Waals surface area contributed by atoms with Crippen LogP contribution < -0.4 is 5.46 Å². The van der Waals surface area contributed by atoms with Gasteiger partial charge in [0.2, 0.25) is 0 Å². The largest absolute Gasteiger partial charge is 0.465 e. The zero-order chi connectivity index (χ0) is 9.84. The summed E-state index contributed by atoms with van der Waals surface area (Å²) in [5.41, 5.74) is 2.79. The fourth-order valence-electron chi connectivity index (χ4n) is 1.22. The standard InChI is InChI=1S/C10H13BO2/c1-7-4-5-8(11-2)6-9(7)10(12)13-3/h4-6,11H,1-3H3.